The van der Waals surface area contributed by atoms with E-state index in [1.54, 1.807) is 0 Å². The van der Waals surface area contributed by atoms with Crippen molar-refractivity contribution in [3.05, 3.63) is 345 Å². The van der Waals surface area contributed by atoms with Crippen LogP contribution in [0.5, 0.6) is 0 Å². The van der Waals surface area contributed by atoms with Crippen molar-refractivity contribution < 1.29 is 17.1 Å². The van der Waals surface area contributed by atoms with Crippen LogP contribution in [0.4, 0.5) is 0 Å². The molecule has 2 aliphatic carbocycles. The first-order valence-corrected chi connectivity index (χ1v) is 35.8. The summed E-state index contributed by atoms with van der Waals surface area (Å²) in [6, 6.07) is 61.6. The van der Waals surface area contributed by atoms with E-state index < -0.39 is 0 Å². The van der Waals surface area contributed by atoms with Gasteiger partial charge in [-0.05, 0) is 273 Å². The minimum Gasteiger partial charge on any atom is -0.355 e. The first kappa shape index (κ1) is 68.5. The number of H-pyrrole nitrogens is 4. The van der Waals surface area contributed by atoms with Crippen LogP contribution >= 0.6 is 0 Å². The van der Waals surface area contributed by atoms with Gasteiger partial charge in [-0.1, -0.05) is 155 Å². The van der Waals surface area contributed by atoms with Crippen LogP contribution in [-0.4, -0.2) is 39.9 Å². The van der Waals surface area contributed by atoms with E-state index in [2.05, 4.69) is 359 Å². The number of hydrogen-bond acceptors (Lipinski definition) is 4. The Morgan fingerprint density at radius 2 is 0.390 bits per heavy atom. The van der Waals surface area contributed by atoms with Gasteiger partial charge >= 0.3 is 17.1 Å². The number of aromatic nitrogens is 8. The number of hydrogen-bond donors (Lipinski definition) is 4. The summed E-state index contributed by atoms with van der Waals surface area (Å²) in [6.07, 6.45) is 34.3. The maximum atomic E-state index is 5.48. The Morgan fingerprint density at radius 1 is 0.200 bits per heavy atom. The predicted octanol–water partition coefficient (Wildman–Crippen LogP) is 23.9. The molecule has 0 amide bonds. The molecule has 6 aliphatic rings. The molecule has 508 valence electrons. The molecule has 6 aromatic heterocycles. The number of nitrogens with zero attached hydrogens (tertiary/aromatic N) is 4. The van der Waals surface area contributed by atoms with Crippen LogP contribution in [0.25, 0.3) is 160 Å². The Bertz CT molecular complexity index is 5450. The molecular formula is C96H78FeN8+2. The Balaban J connectivity index is 0.000000160. The Morgan fingerprint density at radius 3 is 0.619 bits per heavy atom. The van der Waals surface area contributed by atoms with Gasteiger partial charge in [0.1, 0.15) is 0 Å². The SMILES string of the molecule is Cc1ccc(-c2c3nc(c(-c4c(C)cc(C)cc4C)c4ccc([nH]4)c(-c4ccc(C)cc4)c4nc(c([C]5[CH][CH][CH][CH]5)c5ccc2[nH]5)C=C4)C=C3)cc1.Cc1ccc(-c2c3nc(c(-c4c(C)cc(C)cc4C)c4ccc([nH]4)c(-c4ccc(C)cc4)c4nc(c([C]5[CH][CH][CH][CH]5)c5ccc2[nH]5)C=C4)C=C3)cc1.[Fe+2]. The molecule has 16 bridgehead atoms. The van der Waals surface area contributed by atoms with Crippen molar-refractivity contribution in [3.8, 4) is 66.8 Å². The van der Waals surface area contributed by atoms with E-state index in [1.165, 1.54) is 66.8 Å². The van der Waals surface area contributed by atoms with Crippen LogP contribution in [0.1, 0.15) is 112 Å². The molecule has 0 atom stereocenters. The first-order chi connectivity index (χ1) is 50.6. The van der Waals surface area contributed by atoms with Crippen LogP contribution in [-0.2, 0) is 17.1 Å². The fourth-order valence-electron chi connectivity index (χ4n) is 15.9. The van der Waals surface area contributed by atoms with Crippen molar-refractivity contribution in [1.82, 2.24) is 39.9 Å². The number of aryl methyl sites for hydroxylation is 10. The largest absolute Gasteiger partial charge is 2.00 e. The van der Waals surface area contributed by atoms with Crippen LogP contribution in [0.2, 0.25) is 0 Å². The molecule has 6 aromatic carbocycles. The zero-order valence-electron chi connectivity index (χ0n) is 60.5. The Labute approximate surface area is 626 Å². The molecule has 4 N–H and O–H groups in total. The molecular weight excluding hydrogens is 1320 g/mol. The van der Waals surface area contributed by atoms with Gasteiger partial charge < -0.3 is 19.9 Å². The van der Waals surface area contributed by atoms with Gasteiger partial charge in [0, 0.05) is 100 Å². The molecule has 18 rings (SSSR count). The van der Waals surface area contributed by atoms with Gasteiger partial charge in [-0.25, -0.2) is 19.9 Å². The average Bonchev–Trinajstić information content (AvgIpc) is 1.63. The second-order valence-electron chi connectivity index (χ2n) is 28.4. The number of fused-ring (bicyclic) bond motifs is 16. The third-order valence-electron chi connectivity index (χ3n) is 20.6. The van der Waals surface area contributed by atoms with Gasteiger partial charge in [-0.15, -0.1) is 0 Å². The molecule has 2 saturated carbocycles. The van der Waals surface area contributed by atoms with E-state index in [0.717, 1.165) is 168 Å². The van der Waals surface area contributed by atoms with E-state index in [1.807, 2.05) is 0 Å². The molecule has 0 spiro atoms. The van der Waals surface area contributed by atoms with Gasteiger partial charge in [-0.3, -0.25) is 0 Å². The molecule has 0 unspecified atom stereocenters. The van der Waals surface area contributed by atoms with E-state index in [0.29, 0.717) is 0 Å². The molecule has 10 radical (unpaired) electrons. The van der Waals surface area contributed by atoms with Crippen molar-refractivity contribution in [2.75, 3.05) is 0 Å². The van der Waals surface area contributed by atoms with Crippen LogP contribution < -0.4 is 0 Å². The second-order valence-corrected chi connectivity index (χ2v) is 28.4. The molecule has 9 heteroatoms. The van der Waals surface area contributed by atoms with E-state index in [4.69, 9.17) is 19.9 Å². The molecule has 0 saturated heterocycles. The number of benzene rings is 6. The Kier molecular flexibility index (Phi) is 18.4. The summed E-state index contributed by atoms with van der Waals surface area (Å²) in [6.45, 7) is 21.7. The average molecular weight is 1400 g/mol. The summed E-state index contributed by atoms with van der Waals surface area (Å²) in [4.78, 5) is 37.2. The molecule has 105 heavy (non-hydrogen) atoms. The topological polar surface area (TPSA) is 115 Å². The summed E-state index contributed by atoms with van der Waals surface area (Å²) in [5, 5.41) is 0. The molecule has 4 aliphatic heterocycles. The normalized spacial score (nSPS) is 14.0. The zero-order chi connectivity index (χ0) is 71.0. The van der Waals surface area contributed by atoms with Crippen molar-refractivity contribution >= 4 is 92.7 Å². The summed E-state index contributed by atoms with van der Waals surface area (Å²) in [7, 11) is 0. The number of rotatable bonds is 8. The van der Waals surface area contributed by atoms with Gasteiger partial charge in [-0.2, -0.15) is 0 Å². The maximum absolute atomic E-state index is 5.48. The van der Waals surface area contributed by atoms with Crippen molar-refractivity contribution in [2.24, 2.45) is 0 Å². The zero-order valence-corrected chi connectivity index (χ0v) is 61.7. The monoisotopic (exact) mass is 1400 g/mol. The molecule has 8 nitrogen and oxygen atoms in total. The molecule has 12 aromatic rings. The van der Waals surface area contributed by atoms with Gasteiger partial charge in [0.15, 0.2) is 0 Å². The van der Waals surface area contributed by atoms with Gasteiger partial charge in [0.2, 0.25) is 0 Å². The number of nitrogens with one attached hydrogen (secondary N) is 4. The minimum atomic E-state index is 0. The summed E-state index contributed by atoms with van der Waals surface area (Å²) in [5.41, 5.74) is 43.0. The fourth-order valence-corrected chi connectivity index (χ4v) is 15.9. The second kappa shape index (κ2) is 28.2. The first-order valence-electron chi connectivity index (χ1n) is 35.8. The van der Waals surface area contributed by atoms with Gasteiger partial charge in [0.05, 0.1) is 45.6 Å². The van der Waals surface area contributed by atoms with Crippen LogP contribution in [0.15, 0.2) is 170 Å². The summed E-state index contributed by atoms with van der Waals surface area (Å²) >= 11 is 0. The van der Waals surface area contributed by atoms with Crippen molar-refractivity contribution in [3.63, 3.8) is 0 Å². The standard InChI is InChI=1S/2C48H39N4.Fe/c2*1-28-10-14-34(15-11-28)46-38-20-18-36(49-38)45(33-8-6-7-9-33)37-19-21-39(50-37)47(35-16-12-29(2)13-17-35)41-23-25-43(52-41)48(42-24-22-40(46)51-42)44-31(4)26-30(3)27-32(44)5;/h2*6-27,49,52H,1-5H3;/q;;+2. The third-order valence-corrected chi connectivity index (χ3v) is 20.6. The Hall–Kier alpha value is -11.0. The predicted molar refractivity (Wildman–Crippen MR) is 437 cm³/mol. The van der Waals surface area contributed by atoms with Crippen LogP contribution in [0, 0.1) is 132 Å². The number of aromatic amines is 4. The van der Waals surface area contributed by atoms with Crippen molar-refractivity contribution in [2.45, 2.75) is 69.2 Å². The fraction of sp³-hybridized carbons (Fsp3) is 0.104. The summed E-state index contributed by atoms with van der Waals surface area (Å²) < 4.78 is 0. The quantitative estimate of drug-likeness (QED) is 0.113. The smallest absolute Gasteiger partial charge is 0.355 e. The minimum absolute atomic E-state index is 0. The third kappa shape index (κ3) is 13.1. The molecule has 2 fully saturated rings. The van der Waals surface area contributed by atoms with E-state index >= 15 is 0 Å². The van der Waals surface area contributed by atoms with Crippen molar-refractivity contribution in [1.29, 1.82) is 0 Å². The van der Waals surface area contributed by atoms with E-state index in [-0.39, 0.29) is 17.1 Å². The van der Waals surface area contributed by atoms with Crippen LogP contribution in [0.3, 0.4) is 0 Å². The van der Waals surface area contributed by atoms with E-state index in [9.17, 15) is 0 Å². The summed E-state index contributed by atoms with van der Waals surface area (Å²) in [5.74, 6) is 2.23. The van der Waals surface area contributed by atoms with Gasteiger partial charge in [0.25, 0.3) is 0 Å². The molecule has 10 heterocycles. The maximum Gasteiger partial charge on any atom is 2.00 e.